The van der Waals surface area contributed by atoms with Gasteiger partial charge in [0, 0.05) is 37.7 Å². The molecule has 0 unspecified atom stereocenters. The molecule has 0 aliphatic heterocycles. The van der Waals surface area contributed by atoms with E-state index in [1.807, 2.05) is 65.4 Å². The smallest absolute Gasteiger partial charge is 0.318 e. The lowest BCUT2D eigenvalue weighted by Gasteiger charge is -2.28. The first-order valence-corrected chi connectivity index (χ1v) is 9.56. The number of nitrogens with one attached hydrogen (secondary N) is 1. The van der Waals surface area contributed by atoms with E-state index in [1.165, 1.54) is 0 Å². The molecular formula is C21H28N6O. The van der Waals surface area contributed by atoms with Gasteiger partial charge in [-0.1, -0.05) is 44.2 Å². The van der Waals surface area contributed by atoms with E-state index < -0.39 is 0 Å². The van der Waals surface area contributed by atoms with Crippen molar-refractivity contribution in [2.75, 3.05) is 6.54 Å². The van der Waals surface area contributed by atoms with Gasteiger partial charge in [0.15, 0.2) is 0 Å². The van der Waals surface area contributed by atoms with E-state index >= 15 is 0 Å². The Labute approximate surface area is 166 Å². The highest BCUT2D eigenvalue weighted by Crippen LogP contribution is 2.16. The number of hydrogen-bond acceptors (Lipinski definition) is 3. The van der Waals surface area contributed by atoms with Crippen LogP contribution in [-0.4, -0.2) is 37.0 Å². The predicted octanol–water partition coefficient (Wildman–Crippen LogP) is 3.23. The second-order valence-corrected chi connectivity index (χ2v) is 7.44. The maximum absolute atomic E-state index is 13.2. The second-order valence-electron chi connectivity index (χ2n) is 7.44. The van der Waals surface area contributed by atoms with Gasteiger partial charge in [-0.25, -0.2) is 4.79 Å². The average molecular weight is 380 g/mol. The van der Waals surface area contributed by atoms with E-state index in [9.17, 15) is 4.79 Å². The van der Waals surface area contributed by atoms with Gasteiger partial charge in [0.05, 0.1) is 25.3 Å². The highest BCUT2D eigenvalue weighted by Gasteiger charge is 2.21. The van der Waals surface area contributed by atoms with Gasteiger partial charge in [-0.2, -0.15) is 10.2 Å². The highest BCUT2D eigenvalue weighted by molar-refractivity contribution is 5.74. The lowest BCUT2D eigenvalue weighted by Crippen LogP contribution is -2.43. The number of hydrogen-bond donors (Lipinski definition) is 1. The molecule has 7 heteroatoms. The molecule has 1 aromatic carbocycles. The summed E-state index contributed by atoms with van der Waals surface area (Å²) in [5.74, 6) is 0.365. The van der Waals surface area contributed by atoms with E-state index in [-0.39, 0.29) is 12.1 Å². The molecule has 0 aliphatic rings. The molecule has 148 valence electrons. The minimum absolute atomic E-state index is 0.0847. The van der Waals surface area contributed by atoms with Crippen LogP contribution in [0.25, 0.3) is 0 Å². The summed E-state index contributed by atoms with van der Waals surface area (Å²) in [6.45, 7) is 6.00. The summed E-state index contributed by atoms with van der Waals surface area (Å²) in [4.78, 5) is 15.0. The lowest BCUT2D eigenvalue weighted by molar-refractivity contribution is 0.182. The normalized spacial score (nSPS) is 12.1. The number of nitrogens with zero attached hydrogens (tertiary/aromatic N) is 5. The fraction of sp³-hybridized carbons (Fsp3) is 0.381. The predicted molar refractivity (Wildman–Crippen MR) is 108 cm³/mol. The molecule has 7 nitrogen and oxygen atoms in total. The first-order chi connectivity index (χ1) is 13.5. The lowest BCUT2D eigenvalue weighted by atomic mass is 10.1. The number of aromatic nitrogens is 4. The van der Waals surface area contributed by atoms with Crippen molar-refractivity contribution in [2.45, 2.75) is 33.0 Å². The van der Waals surface area contributed by atoms with Gasteiger partial charge in [0.2, 0.25) is 0 Å². The van der Waals surface area contributed by atoms with Crippen LogP contribution in [0.15, 0.2) is 61.2 Å². The number of carbonyl (C=O) groups excluding carboxylic acids is 1. The molecule has 0 radical (unpaired) electrons. The quantitative estimate of drug-likeness (QED) is 0.652. The Hall–Kier alpha value is -3.09. The van der Waals surface area contributed by atoms with Crippen LogP contribution in [0.3, 0.4) is 0 Å². The van der Waals surface area contributed by atoms with Gasteiger partial charge in [-0.3, -0.25) is 9.36 Å². The summed E-state index contributed by atoms with van der Waals surface area (Å²) in [6.07, 6.45) is 7.40. The molecule has 3 rings (SSSR count). The van der Waals surface area contributed by atoms with E-state index in [1.54, 1.807) is 17.1 Å². The number of amides is 2. The number of aryl methyl sites for hydroxylation is 1. The van der Waals surface area contributed by atoms with Crippen LogP contribution in [0.1, 0.15) is 31.0 Å². The first-order valence-electron chi connectivity index (χ1n) is 9.56. The van der Waals surface area contributed by atoms with Crippen LogP contribution >= 0.6 is 0 Å². The first kappa shape index (κ1) is 19.7. The van der Waals surface area contributed by atoms with Gasteiger partial charge in [0.25, 0.3) is 0 Å². The monoisotopic (exact) mass is 380 g/mol. The van der Waals surface area contributed by atoms with Crippen LogP contribution in [-0.2, 0) is 20.1 Å². The van der Waals surface area contributed by atoms with Gasteiger partial charge in [-0.15, -0.1) is 0 Å². The van der Waals surface area contributed by atoms with Crippen molar-refractivity contribution in [3.63, 3.8) is 0 Å². The zero-order chi connectivity index (χ0) is 19.9. The SMILES string of the molecule is CC(C)CN(Cc1cnn(C)c1)C(=O)N[C@@H](Cn1cccn1)c1ccccc1. The molecule has 0 saturated carbocycles. The van der Waals surface area contributed by atoms with Crippen molar-refractivity contribution in [1.29, 1.82) is 0 Å². The third-order valence-electron chi connectivity index (χ3n) is 4.43. The van der Waals surface area contributed by atoms with E-state index in [4.69, 9.17) is 0 Å². The van der Waals surface area contributed by atoms with Gasteiger partial charge >= 0.3 is 6.03 Å². The molecule has 0 saturated heterocycles. The highest BCUT2D eigenvalue weighted by atomic mass is 16.2. The van der Waals surface area contributed by atoms with Gasteiger partial charge in [0.1, 0.15) is 0 Å². The summed E-state index contributed by atoms with van der Waals surface area (Å²) in [7, 11) is 1.88. The fourth-order valence-electron chi connectivity index (χ4n) is 3.19. The van der Waals surface area contributed by atoms with Crippen LogP contribution in [0, 0.1) is 5.92 Å². The second kappa shape index (κ2) is 9.21. The zero-order valence-corrected chi connectivity index (χ0v) is 16.7. The topological polar surface area (TPSA) is 68.0 Å². The Morgan fingerprint density at radius 2 is 1.96 bits per heavy atom. The summed E-state index contributed by atoms with van der Waals surface area (Å²) < 4.78 is 3.59. The number of benzene rings is 1. The Bertz CT molecular complexity index is 856. The molecule has 1 atom stereocenters. The third kappa shape index (κ3) is 5.45. The zero-order valence-electron chi connectivity index (χ0n) is 16.7. The molecule has 1 N–H and O–H groups in total. The molecule has 0 bridgehead atoms. The summed E-state index contributed by atoms with van der Waals surface area (Å²) in [5, 5.41) is 11.7. The maximum Gasteiger partial charge on any atom is 0.318 e. The maximum atomic E-state index is 13.2. The molecule has 0 spiro atoms. The average Bonchev–Trinajstić information content (AvgIpc) is 3.32. The minimum Gasteiger partial charge on any atom is -0.329 e. The largest absolute Gasteiger partial charge is 0.329 e. The van der Waals surface area contributed by atoms with Crippen LogP contribution in [0.2, 0.25) is 0 Å². The molecule has 2 amide bonds. The Morgan fingerprint density at radius 3 is 2.57 bits per heavy atom. The molecular weight excluding hydrogens is 352 g/mol. The van der Waals surface area contributed by atoms with Gasteiger partial charge < -0.3 is 10.2 Å². The third-order valence-corrected chi connectivity index (χ3v) is 4.43. The molecule has 0 aliphatic carbocycles. The van der Waals surface area contributed by atoms with Crippen molar-refractivity contribution in [3.05, 3.63) is 72.3 Å². The molecule has 0 fully saturated rings. The van der Waals surface area contributed by atoms with Crippen LogP contribution in [0.5, 0.6) is 0 Å². The van der Waals surface area contributed by atoms with Crippen molar-refractivity contribution >= 4 is 6.03 Å². The number of rotatable bonds is 8. The summed E-state index contributed by atoms with van der Waals surface area (Å²) >= 11 is 0. The van der Waals surface area contributed by atoms with Crippen LogP contribution in [0.4, 0.5) is 4.79 Å². The number of urea groups is 1. The molecule has 3 aromatic rings. The van der Waals surface area contributed by atoms with E-state index in [2.05, 4.69) is 29.4 Å². The van der Waals surface area contributed by atoms with E-state index in [0.29, 0.717) is 25.6 Å². The molecule has 2 heterocycles. The van der Waals surface area contributed by atoms with Crippen LogP contribution < -0.4 is 5.32 Å². The fourth-order valence-corrected chi connectivity index (χ4v) is 3.19. The van der Waals surface area contributed by atoms with Crippen molar-refractivity contribution in [3.8, 4) is 0 Å². The molecule has 2 aromatic heterocycles. The standard InChI is InChI=1S/C21H28N6O/c1-17(2)13-26(15-18-12-23-25(3)14-18)21(28)24-20(16-27-11-7-10-22-27)19-8-5-4-6-9-19/h4-12,14,17,20H,13,15-16H2,1-3H3,(H,24,28)/t20-/m0/s1. The van der Waals surface area contributed by atoms with Crippen molar-refractivity contribution in [2.24, 2.45) is 13.0 Å². The molecule has 28 heavy (non-hydrogen) atoms. The number of carbonyl (C=O) groups is 1. The summed E-state index contributed by atoms with van der Waals surface area (Å²) in [5.41, 5.74) is 2.07. The summed E-state index contributed by atoms with van der Waals surface area (Å²) in [6, 6.07) is 11.6. The van der Waals surface area contributed by atoms with Crippen molar-refractivity contribution < 1.29 is 4.79 Å². The Kier molecular flexibility index (Phi) is 6.47. The Morgan fingerprint density at radius 1 is 1.18 bits per heavy atom. The Balaban J connectivity index is 1.76. The minimum atomic E-state index is -0.169. The van der Waals surface area contributed by atoms with Crippen molar-refractivity contribution in [1.82, 2.24) is 29.8 Å². The van der Waals surface area contributed by atoms with E-state index in [0.717, 1.165) is 11.1 Å². The van der Waals surface area contributed by atoms with Gasteiger partial charge in [-0.05, 0) is 17.5 Å².